The quantitative estimate of drug-likeness (QED) is 0.602. The predicted molar refractivity (Wildman–Crippen MR) is 117 cm³/mol. The van der Waals surface area contributed by atoms with Crippen LogP contribution in [0.5, 0.6) is 0 Å². The van der Waals surface area contributed by atoms with E-state index in [4.69, 9.17) is 0 Å². The minimum absolute atomic E-state index is 0.0373. The minimum Gasteiger partial charge on any atom is -0.346 e. The second-order valence-electron chi connectivity index (χ2n) is 7.27. The largest absolute Gasteiger partial charge is 0.346 e. The molecule has 1 atom stereocenters. The third kappa shape index (κ3) is 4.93. The molecular formula is C23H24N4O2S. The van der Waals surface area contributed by atoms with Crippen molar-refractivity contribution in [2.45, 2.75) is 25.6 Å². The molecule has 2 aromatic heterocycles. The molecule has 0 fully saturated rings. The Morgan fingerprint density at radius 1 is 1.00 bits per heavy atom. The number of benzene rings is 1. The van der Waals surface area contributed by atoms with Crippen LogP contribution < -0.4 is 10.6 Å². The van der Waals surface area contributed by atoms with Crippen LogP contribution in [0.2, 0.25) is 0 Å². The van der Waals surface area contributed by atoms with E-state index in [0.29, 0.717) is 13.1 Å². The van der Waals surface area contributed by atoms with Gasteiger partial charge in [-0.1, -0.05) is 30.3 Å². The lowest BCUT2D eigenvalue weighted by Gasteiger charge is -2.35. The molecule has 1 aliphatic rings. The van der Waals surface area contributed by atoms with Gasteiger partial charge in [0.2, 0.25) is 0 Å². The van der Waals surface area contributed by atoms with Crippen molar-refractivity contribution in [3.63, 3.8) is 0 Å². The topological polar surface area (TPSA) is 74.3 Å². The van der Waals surface area contributed by atoms with E-state index in [-0.39, 0.29) is 6.04 Å². The molecule has 1 aromatic carbocycles. The van der Waals surface area contributed by atoms with Gasteiger partial charge in [0, 0.05) is 43.4 Å². The van der Waals surface area contributed by atoms with E-state index >= 15 is 0 Å². The first-order chi connectivity index (χ1) is 14.7. The number of nitrogens with one attached hydrogen (secondary N) is 2. The Labute approximate surface area is 180 Å². The number of carbonyl (C=O) groups is 2. The molecule has 30 heavy (non-hydrogen) atoms. The smallest absolute Gasteiger partial charge is 0.309 e. The molecule has 0 aliphatic carbocycles. The molecule has 0 saturated heterocycles. The van der Waals surface area contributed by atoms with Crippen LogP contribution in [0.4, 0.5) is 0 Å². The summed E-state index contributed by atoms with van der Waals surface area (Å²) in [4.78, 5) is 32.1. The lowest BCUT2D eigenvalue weighted by molar-refractivity contribution is -0.139. The molecule has 0 radical (unpaired) electrons. The van der Waals surface area contributed by atoms with Crippen LogP contribution in [-0.2, 0) is 29.1 Å². The number of nitrogens with zero attached hydrogens (tertiary/aromatic N) is 2. The minimum atomic E-state index is -0.624. The number of thiophene rings is 1. The van der Waals surface area contributed by atoms with Crippen LogP contribution >= 0.6 is 11.3 Å². The molecule has 2 N–H and O–H groups in total. The molecule has 0 unspecified atom stereocenters. The maximum Gasteiger partial charge on any atom is 0.309 e. The highest BCUT2D eigenvalue weighted by Crippen LogP contribution is 2.29. The lowest BCUT2D eigenvalue weighted by atomic mass is 9.98. The van der Waals surface area contributed by atoms with Gasteiger partial charge in [-0.2, -0.15) is 0 Å². The molecule has 3 heterocycles. The summed E-state index contributed by atoms with van der Waals surface area (Å²) in [7, 11) is 0. The van der Waals surface area contributed by atoms with Crippen LogP contribution in [0, 0.1) is 0 Å². The highest BCUT2D eigenvalue weighted by atomic mass is 32.1. The fourth-order valence-corrected chi connectivity index (χ4v) is 4.57. The summed E-state index contributed by atoms with van der Waals surface area (Å²) in [5, 5.41) is 7.54. The molecule has 6 nitrogen and oxygen atoms in total. The Bertz CT molecular complexity index is 991. The number of pyridine rings is 1. The van der Waals surface area contributed by atoms with Crippen molar-refractivity contribution in [2.75, 3.05) is 13.1 Å². The first-order valence-electron chi connectivity index (χ1n) is 10.00. The molecule has 0 bridgehead atoms. The predicted octanol–water partition coefficient (Wildman–Crippen LogP) is 2.68. The van der Waals surface area contributed by atoms with Crippen molar-refractivity contribution in [3.8, 4) is 0 Å². The molecule has 0 spiro atoms. The van der Waals surface area contributed by atoms with Gasteiger partial charge >= 0.3 is 11.8 Å². The highest BCUT2D eigenvalue weighted by Gasteiger charge is 2.26. The van der Waals surface area contributed by atoms with E-state index in [1.165, 1.54) is 16.0 Å². The Kier molecular flexibility index (Phi) is 6.51. The van der Waals surface area contributed by atoms with E-state index in [1.54, 1.807) is 35.9 Å². The summed E-state index contributed by atoms with van der Waals surface area (Å²) >= 11 is 1.67. The number of hydrogen-bond acceptors (Lipinski definition) is 5. The normalized spacial score (nSPS) is 14.5. The van der Waals surface area contributed by atoms with Crippen molar-refractivity contribution in [2.24, 2.45) is 0 Å². The summed E-state index contributed by atoms with van der Waals surface area (Å²) in [5.74, 6) is -1.23. The van der Waals surface area contributed by atoms with Crippen molar-refractivity contribution < 1.29 is 9.59 Å². The van der Waals surface area contributed by atoms with E-state index in [1.807, 2.05) is 11.4 Å². The van der Waals surface area contributed by atoms with Gasteiger partial charge in [-0.05, 0) is 46.7 Å². The van der Waals surface area contributed by atoms with E-state index < -0.39 is 11.8 Å². The molecule has 0 saturated carbocycles. The van der Waals surface area contributed by atoms with Crippen molar-refractivity contribution in [1.29, 1.82) is 0 Å². The third-order valence-electron chi connectivity index (χ3n) is 5.34. The van der Waals surface area contributed by atoms with Crippen molar-refractivity contribution in [3.05, 3.63) is 87.9 Å². The second-order valence-corrected chi connectivity index (χ2v) is 8.25. The molecule has 2 amide bonds. The summed E-state index contributed by atoms with van der Waals surface area (Å²) in [6.07, 6.45) is 4.30. The van der Waals surface area contributed by atoms with E-state index in [2.05, 4.69) is 50.8 Å². The first kappa shape index (κ1) is 20.3. The molecular weight excluding hydrogens is 396 g/mol. The fraction of sp³-hybridized carbons (Fsp3) is 0.261. The van der Waals surface area contributed by atoms with Gasteiger partial charge in [0.1, 0.15) is 0 Å². The average molecular weight is 421 g/mol. The number of carbonyl (C=O) groups excluding carboxylic acids is 2. The summed E-state index contributed by atoms with van der Waals surface area (Å²) in [6, 6.07) is 16.3. The molecule has 7 heteroatoms. The van der Waals surface area contributed by atoms with Crippen LogP contribution in [0.15, 0.2) is 66.3 Å². The maximum atomic E-state index is 12.4. The van der Waals surface area contributed by atoms with Gasteiger partial charge in [-0.3, -0.25) is 19.5 Å². The zero-order valence-electron chi connectivity index (χ0n) is 16.6. The summed E-state index contributed by atoms with van der Waals surface area (Å²) < 4.78 is 0. The van der Waals surface area contributed by atoms with Crippen molar-refractivity contribution in [1.82, 2.24) is 20.5 Å². The monoisotopic (exact) mass is 420 g/mol. The summed E-state index contributed by atoms with van der Waals surface area (Å²) in [6.45, 7) is 2.45. The van der Waals surface area contributed by atoms with Gasteiger partial charge < -0.3 is 10.6 Å². The van der Waals surface area contributed by atoms with Gasteiger partial charge in [0.15, 0.2) is 0 Å². The van der Waals surface area contributed by atoms with E-state index in [9.17, 15) is 9.59 Å². The fourth-order valence-electron chi connectivity index (χ4n) is 3.71. The Morgan fingerprint density at radius 3 is 2.53 bits per heavy atom. The van der Waals surface area contributed by atoms with Crippen LogP contribution in [0.1, 0.15) is 27.6 Å². The Morgan fingerprint density at radius 2 is 1.77 bits per heavy atom. The Balaban J connectivity index is 1.37. The number of rotatable bonds is 6. The van der Waals surface area contributed by atoms with Crippen molar-refractivity contribution >= 4 is 23.2 Å². The zero-order chi connectivity index (χ0) is 20.8. The average Bonchev–Trinajstić information content (AvgIpc) is 3.32. The van der Waals surface area contributed by atoms with Crippen LogP contribution in [-0.4, -0.2) is 34.8 Å². The third-order valence-corrected chi connectivity index (χ3v) is 6.31. The number of amides is 2. The molecule has 1 aliphatic heterocycles. The second kappa shape index (κ2) is 9.65. The van der Waals surface area contributed by atoms with Crippen LogP contribution in [0.25, 0.3) is 0 Å². The van der Waals surface area contributed by atoms with Gasteiger partial charge in [0.25, 0.3) is 0 Å². The summed E-state index contributed by atoms with van der Waals surface area (Å²) in [5.41, 5.74) is 3.61. The zero-order valence-corrected chi connectivity index (χ0v) is 17.4. The van der Waals surface area contributed by atoms with Gasteiger partial charge in [0.05, 0.1) is 6.04 Å². The standard InChI is InChI=1S/C23H24N4O2S/c28-22(25-14-17-7-10-24-11-8-17)23(29)26-15-20(21-6-3-13-30-21)27-12-9-18-4-1-2-5-19(18)16-27/h1-8,10-11,13,20H,9,12,14-16H2,(H,25,28)(H,26,29)/t20-/m1/s1. The molecule has 154 valence electrons. The first-order valence-corrected chi connectivity index (χ1v) is 10.9. The van der Waals surface area contributed by atoms with E-state index in [0.717, 1.165) is 25.1 Å². The Hall–Kier alpha value is -3.03. The molecule has 3 aromatic rings. The molecule has 4 rings (SSSR count). The number of aromatic nitrogens is 1. The highest BCUT2D eigenvalue weighted by molar-refractivity contribution is 7.10. The lowest BCUT2D eigenvalue weighted by Crippen LogP contribution is -2.44. The van der Waals surface area contributed by atoms with Gasteiger partial charge in [-0.25, -0.2) is 0 Å². The number of fused-ring (bicyclic) bond motifs is 1. The maximum absolute atomic E-state index is 12.4. The van der Waals surface area contributed by atoms with Crippen LogP contribution in [0.3, 0.4) is 0 Å². The SMILES string of the molecule is O=C(NCc1ccncc1)C(=O)NC[C@H](c1cccs1)N1CCc2ccccc2C1. The number of hydrogen-bond donors (Lipinski definition) is 2. The van der Waals surface area contributed by atoms with Gasteiger partial charge in [-0.15, -0.1) is 11.3 Å².